The molecule has 0 unspecified atom stereocenters. The fraction of sp³-hybridized carbons (Fsp3) is 0.417. The minimum atomic E-state index is -4.33. The Morgan fingerprint density at radius 1 is 1.33 bits per heavy atom. The molecule has 2 N–H and O–H groups in total. The van der Waals surface area contributed by atoms with Gasteiger partial charge in [-0.2, -0.15) is 13.2 Å². The van der Waals surface area contributed by atoms with Crippen molar-refractivity contribution in [3.8, 4) is 0 Å². The van der Waals surface area contributed by atoms with Gasteiger partial charge in [0.1, 0.15) is 5.82 Å². The smallest absolute Gasteiger partial charge is 0.319 e. The zero-order chi connectivity index (χ0) is 13.0. The standard InChI is InChI=1S/C12H12F3N3/c13-12(14,15)8-2-5-18-9(6-8)7-17-10(18)11(16)3-1-4-11/h2,5-7H,1,3-4,16H2. The molecule has 0 atom stereocenters. The number of hydrogen-bond donors (Lipinski definition) is 1. The van der Waals surface area contributed by atoms with Gasteiger partial charge in [-0.05, 0) is 31.4 Å². The van der Waals surface area contributed by atoms with Crippen LogP contribution in [0.2, 0.25) is 0 Å². The number of fused-ring (bicyclic) bond motifs is 1. The van der Waals surface area contributed by atoms with Crippen LogP contribution in [0.4, 0.5) is 13.2 Å². The van der Waals surface area contributed by atoms with Gasteiger partial charge in [-0.3, -0.25) is 0 Å². The third kappa shape index (κ3) is 1.59. The molecule has 0 amide bonds. The van der Waals surface area contributed by atoms with E-state index in [9.17, 15) is 13.2 Å². The summed E-state index contributed by atoms with van der Waals surface area (Å²) < 4.78 is 39.4. The molecule has 18 heavy (non-hydrogen) atoms. The Morgan fingerprint density at radius 2 is 2.06 bits per heavy atom. The Morgan fingerprint density at radius 3 is 2.61 bits per heavy atom. The van der Waals surface area contributed by atoms with Crippen LogP contribution >= 0.6 is 0 Å². The van der Waals surface area contributed by atoms with Crippen LogP contribution in [0.25, 0.3) is 5.52 Å². The summed E-state index contributed by atoms with van der Waals surface area (Å²) >= 11 is 0. The molecule has 96 valence electrons. The van der Waals surface area contributed by atoms with E-state index in [1.807, 2.05) is 0 Å². The largest absolute Gasteiger partial charge is 0.416 e. The van der Waals surface area contributed by atoms with Crippen molar-refractivity contribution in [2.75, 3.05) is 0 Å². The van der Waals surface area contributed by atoms with Crippen molar-refractivity contribution in [2.24, 2.45) is 5.73 Å². The lowest BCUT2D eigenvalue weighted by molar-refractivity contribution is -0.137. The molecule has 0 spiro atoms. The predicted molar refractivity (Wildman–Crippen MR) is 59.9 cm³/mol. The highest BCUT2D eigenvalue weighted by molar-refractivity contribution is 5.50. The molecule has 2 aromatic heterocycles. The number of hydrogen-bond acceptors (Lipinski definition) is 2. The number of nitrogens with zero attached hydrogens (tertiary/aromatic N) is 2. The van der Waals surface area contributed by atoms with Crippen molar-refractivity contribution in [3.05, 3.63) is 35.9 Å². The molecule has 0 radical (unpaired) electrons. The highest BCUT2D eigenvalue weighted by Gasteiger charge is 2.38. The molecule has 2 heterocycles. The van der Waals surface area contributed by atoms with Crippen LogP contribution in [-0.4, -0.2) is 9.38 Å². The first-order chi connectivity index (χ1) is 8.40. The number of rotatable bonds is 1. The van der Waals surface area contributed by atoms with Gasteiger partial charge in [0.15, 0.2) is 0 Å². The maximum absolute atomic E-state index is 12.6. The molecule has 0 aromatic carbocycles. The Hall–Kier alpha value is -1.56. The van der Waals surface area contributed by atoms with E-state index in [-0.39, 0.29) is 0 Å². The highest BCUT2D eigenvalue weighted by Crippen LogP contribution is 2.38. The first kappa shape index (κ1) is 11.5. The van der Waals surface area contributed by atoms with Crippen LogP contribution in [0.15, 0.2) is 24.5 Å². The van der Waals surface area contributed by atoms with Gasteiger partial charge >= 0.3 is 6.18 Å². The van der Waals surface area contributed by atoms with Crippen molar-refractivity contribution in [1.29, 1.82) is 0 Å². The number of aromatic nitrogens is 2. The molecule has 6 heteroatoms. The third-order valence-corrected chi connectivity index (χ3v) is 3.55. The van der Waals surface area contributed by atoms with E-state index in [1.54, 1.807) is 4.40 Å². The summed E-state index contributed by atoms with van der Waals surface area (Å²) in [4.78, 5) is 4.18. The normalized spacial score (nSPS) is 18.9. The van der Waals surface area contributed by atoms with E-state index < -0.39 is 17.3 Å². The van der Waals surface area contributed by atoms with Gasteiger partial charge in [0.05, 0.1) is 22.8 Å². The topological polar surface area (TPSA) is 43.3 Å². The van der Waals surface area contributed by atoms with E-state index in [2.05, 4.69) is 4.98 Å². The summed E-state index contributed by atoms with van der Waals surface area (Å²) in [5.41, 5.74) is 5.43. The fourth-order valence-electron chi connectivity index (χ4n) is 2.33. The lowest BCUT2D eigenvalue weighted by Gasteiger charge is -2.36. The van der Waals surface area contributed by atoms with Gasteiger partial charge in [0, 0.05) is 6.20 Å². The number of nitrogens with two attached hydrogens (primary N) is 1. The van der Waals surface area contributed by atoms with Gasteiger partial charge in [0.2, 0.25) is 0 Å². The van der Waals surface area contributed by atoms with Gasteiger partial charge in [-0.25, -0.2) is 4.98 Å². The zero-order valence-electron chi connectivity index (χ0n) is 9.54. The van der Waals surface area contributed by atoms with Crippen LogP contribution in [0.1, 0.15) is 30.7 Å². The molecule has 3 nitrogen and oxygen atoms in total. The summed E-state index contributed by atoms with van der Waals surface area (Å²) in [5, 5.41) is 0. The van der Waals surface area contributed by atoms with E-state index in [0.29, 0.717) is 11.3 Å². The fourth-order valence-corrected chi connectivity index (χ4v) is 2.33. The first-order valence-electron chi connectivity index (χ1n) is 5.74. The quantitative estimate of drug-likeness (QED) is 0.851. The molecule has 2 aromatic rings. The van der Waals surface area contributed by atoms with Gasteiger partial charge < -0.3 is 10.1 Å². The zero-order valence-corrected chi connectivity index (χ0v) is 9.54. The highest BCUT2D eigenvalue weighted by atomic mass is 19.4. The van der Waals surface area contributed by atoms with Crippen LogP contribution in [0, 0.1) is 0 Å². The number of alkyl halides is 3. The van der Waals surface area contributed by atoms with Crippen molar-refractivity contribution in [2.45, 2.75) is 31.0 Å². The summed E-state index contributed by atoms with van der Waals surface area (Å²) in [6.45, 7) is 0. The molecule has 1 saturated carbocycles. The third-order valence-electron chi connectivity index (χ3n) is 3.55. The molecule has 1 fully saturated rings. The molecular formula is C12H12F3N3. The summed E-state index contributed by atoms with van der Waals surface area (Å²) in [6.07, 6.45) is 1.19. The van der Waals surface area contributed by atoms with E-state index >= 15 is 0 Å². The van der Waals surface area contributed by atoms with E-state index in [1.165, 1.54) is 12.4 Å². The molecule has 0 aliphatic heterocycles. The van der Waals surface area contributed by atoms with Crippen LogP contribution < -0.4 is 5.73 Å². The lowest BCUT2D eigenvalue weighted by Crippen LogP contribution is -2.44. The second kappa shape index (κ2) is 3.47. The lowest BCUT2D eigenvalue weighted by atomic mass is 9.77. The predicted octanol–water partition coefficient (Wildman–Crippen LogP) is 2.69. The van der Waals surface area contributed by atoms with Crippen LogP contribution in [-0.2, 0) is 11.7 Å². The second-order valence-electron chi connectivity index (χ2n) is 4.80. The second-order valence-corrected chi connectivity index (χ2v) is 4.80. The Bertz CT molecular complexity index is 596. The van der Waals surface area contributed by atoms with Crippen LogP contribution in [0.3, 0.4) is 0 Å². The number of imidazole rings is 1. The van der Waals surface area contributed by atoms with E-state index in [4.69, 9.17) is 5.73 Å². The summed E-state index contributed by atoms with van der Waals surface area (Å²) in [5.74, 6) is 0.650. The van der Waals surface area contributed by atoms with Crippen molar-refractivity contribution >= 4 is 5.52 Å². The molecule has 1 aliphatic carbocycles. The Labute approximate surface area is 101 Å². The van der Waals surface area contributed by atoms with E-state index in [0.717, 1.165) is 31.4 Å². The molecule has 1 aliphatic rings. The van der Waals surface area contributed by atoms with Crippen molar-refractivity contribution in [3.63, 3.8) is 0 Å². The number of pyridine rings is 1. The van der Waals surface area contributed by atoms with Crippen molar-refractivity contribution < 1.29 is 13.2 Å². The number of halogens is 3. The molecule has 0 bridgehead atoms. The van der Waals surface area contributed by atoms with Crippen LogP contribution in [0.5, 0.6) is 0 Å². The SMILES string of the molecule is NC1(c2ncc3cc(C(F)(F)F)ccn23)CCC1. The molecule has 3 rings (SSSR count). The Balaban J connectivity index is 2.11. The van der Waals surface area contributed by atoms with Gasteiger partial charge in [0.25, 0.3) is 0 Å². The first-order valence-corrected chi connectivity index (χ1v) is 5.74. The Kier molecular flexibility index (Phi) is 2.22. The average molecular weight is 255 g/mol. The maximum atomic E-state index is 12.6. The molecule has 0 saturated heterocycles. The minimum absolute atomic E-state index is 0.427. The molecular weight excluding hydrogens is 243 g/mol. The van der Waals surface area contributed by atoms with Crippen molar-refractivity contribution in [1.82, 2.24) is 9.38 Å². The average Bonchev–Trinajstić information content (AvgIpc) is 2.67. The van der Waals surface area contributed by atoms with Gasteiger partial charge in [-0.1, -0.05) is 0 Å². The summed E-state index contributed by atoms with van der Waals surface area (Å²) in [6, 6.07) is 2.15. The van der Waals surface area contributed by atoms with Gasteiger partial charge in [-0.15, -0.1) is 0 Å². The maximum Gasteiger partial charge on any atom is 0.416 e. The minimum Gasteiger partial charge on any atom is -0.319 e. The summed E-state index contributed by atoms with van der Waals surface area (Å²) in [7, 11) is 0. The monoisotopic (exact) mass is 255 g/mol.